The largest absolute Gasteiger partial charge is 0.525 e. The molecule has 1 nitrogen and oxygen atoms in total. The van der Waals surface area contributed by atoms with Gasteiger partial charge in [0.2, 0.25) is 0 Å². The van der Waals surface area contributed by atoms with Crippen LogP contribution in [0.25, 0.3) is 0 Å². The van der Waals surface area contributed by atoms with Crippen LogP contribution in [0.2, 0.25) is 0 Å². The van der Waals surface area contributed by atoms with E-state index in [0.29, 0.717) is 5.92 Å². The monoisotopic (exact) mass is 181 g/mol. The third kappa shape index (κ3) is 3.23. The summed E-state index contributed by atoms with van der Waals surface area (Å²) in [6.45, 7) is 5.05. The van der Waals surface area contributed by atoms with Crippen LogP contribution in [0, 0.1) is 5.92 Å². The molecule has 12 heavy (non-hydrogen) atoms. The molecule has 0 N–H and O–H groups in total. The molecule has 0 amide bonds. The molecule has 0 fully saturated rings. The van der Waals surface area contributed by atoms with Gasteiger partial charge >= 0.3 is 0 Å². The first-order valence-corrected chi connectivity index (χ1v) is 4.63. The van der Waals surface area contributed by atoms with Gasteiger partial charge in [0.1, 0.15) is 5.75 Å². The molecule has 1 rings (SSSR count). The molecule has 0 saturated carbocycles. The van der Waals surface area contributed by atoms with E-state index in [1.807, 2.05) is 24.3 Å². The van der Waals surface area contributed by atoms with Crippen molar-refractivity contribution in [3.05, 3.63) is 24.3 Å². The Kier molecular flexibility index (Phi) is 3.55. The van der Waals surface area contributed by atoms with E-state index in [2.05, 4.69) is 23.1 Å². The molecule has 0 aliphatic heterocycles. The van der Waals surface area contributed by atoms with Gasteiger partial charge in [0, 0.05) is 0 Å². The van der Waals surface area contributed by atoms with Crippen molar-refractivity contribution >= 4 is 14.5 Å². The fraction of sp³-hybridized carbons (Fsp3) is 0.400. The maximum absolute atomic E-state index is 5.50. The van der Waals surface area contributed by atoms with Crippen LogP contribution in [-0.2, 0) is 0 Å². The van der Waals surface area contributed by atoms with E-state index in [1.54, 1.807) is 0 Å². The average Bonchev–Trinajstić information content (AvgIpc) is 2.03. The zero-order valence-electron chi connectivity index (χ0n) is 7.50. The Bertz CT molecular complexity index is 228. The predicted molar refractivity (Wildman–Crippen MR) is 54.7 cm³/mol. The molecular formula is C10H14OP-. The molecule has 0 aliphatic rings. The zero-order valence-corrected chi connectivity index (χ0v) is 8.50. The van der Waals surface area contributed by atoms with Crippen LogP contribution in [0.15, 0.2) is 24.3 Å². The lowest BCUT2D eigenvalue weighted by Crippen LogP contribution is -2.04. The van der Waals surface area contributed by atoms with Crippen molar-refractivity contribution in [3.63, 3.8) is 0 Å². The van der Waals surface area contributed by atoms with Crippen LogP contribution in [0.5, 0.6) is 5.75 Å². The van der Waals surface area contributed by atoms with Crippen LogP contribution >= 0.6 is 9.24 Å². The van der Waals surface area contributed by atoms with E-state index < -0.39 is 0 Å². The van der Waals surface area contributed by atoms with Gasteiger partial charge in [-0.25, -0.2) is 5.30 Å². The van der Waals surface area contributed by atoms with Crippen molar-refractivity contribution in [2.45, 2.75) is 13.8 Å². The SMILES string of the molecule is CC(C)COc1ccc([PH-])cc1. The lowest BCUT2D eigenvalue weighted by molar-refractivity contribution is 0.271. The Morgan fingerprint density at radius 2 is 1.83 bits per heavy atom. The number of hydrogen-bond donors (Lipinski definition) is 0. The fourth-order valence-electron chi connectivity index (χ4n) is 0.814. The van der Waals surface area contributed by atoms with Crippen molar-refractivity contribution in [2.75, 3.05) is 6.61 Å². The van der Waals surface area contributed by atoms with Crippen molar-refractivity contribution in [2.24, 2.45) is 5.92 Å². The molecule has 0 saturated heterocycles. The minimum Gasteiger partial charge on any atom is -0.525 e. The number of hydrogen-bond acceptors (Lipinski definition) is 1. The second-order valence-corrected chi connectivity index (χ2v) is 3.81. The van der Waals surface area contributed by atoms with Gasteiger partial charge in [0.05, 0.1) is 6.61 Å². The highest BCUT2D eigenvalue weighted by atomic mass is 31.0. The number of benzene rings is 1. The summed E-state index contributed by atoms with van der Waals surface area (Å²) in [4.78, 5) is 0. The minimum absolute atomic E-state index is 0.577. The first kappa shape index (κ1) is 9.54. The van der Waals surface area contributed by atoms with E-state index >= 15 is 0 Å². The number of rotatable bonds is 3. The summed E-state index contributed by atoms with van der Waals surface area (Å²) in [7, 11) is 3.42. The molecule has 0 heterocycles. The van der Waals surface area contributed by atoms with E-state index in [1.165, 1.54) is 0 Å². The summed E-state index contributed by atoms with van der Waals surface area (Å²) < 4.78 is 5.50. The smallest absolute Gasteiger partial charge is 0.119 e. The molecule has 0 bridgehead atoms. The maximum atomic E-state index is 5.50. The van der Waals surface area contributed by atoms with Crippen LogP contribution in [0.3, 0.4) is 0 Å². The predicted octanol–water partition coefficient (Wildman–Crippen LogP) is 2.49. The molecule has 0 spiro atoms. The van der Waals surface area contributed by atoms with Gasteiger partial charge in [-0.05, 0) is 18.1 Å². The molecule has 0 radical (unpaired) electrons. The van der Waals surface area contributed by atoms with Crippen LogP contribution < -0.4 is 10.0 Å². The average molecular weight is 181 g/mol. The summed E-state index contributed by atoms with van der Waals surface area (Å²) >= 11 is 0. The summed E-state index contributed by atoms with van der Waals surface area (Å²) in [5.41, 5.74) is 0. The van der Waals surface area contributed by atoms with Crippen molar-refractivity contribution < 1.29 is 4.74 Å². The highest BCUT2D eigenvalue weighted by Crippen LogP contribution is 2.09. The molecule has 0 aliphatic carbocycles. The Morgan fingerprint density at radius 3 is 2.33 bits per heavy atom. The third-order valence-electron chi connectivity index (χ3n) is 1.44. The Morgan fingerprint density at radius 1 is 1.25 bits per heavy atom. The molecule has 0 atom stereocenters. The van der Waals surface area contributed by atoms with Gasteiger partial charge in [0.25, 0.3) is 0 Å². The van der Waals surface area contributed by atoms with Gasteiger partial charge in [-0.2, -0.15) is 0 Å². The second-order valence-electron chi connectivity index (χ2n) is 3.23. The quantitative estimate of drug-likeness (QED) is 0.651. The highest BCUT2D eigenvalue weighted by Gasteiger charge is 1.94. The molecule has 1 aromatic rings. The van der Waals surface area contributed by atoms with Gasteiger partial charge in [0.15, 0.2) is 0 Å². The standard InChI is InChI=1S/C10H14OP/c1-8(2)7-11-9-3-5-10(12)6-4-9/h3-6,8,12H,7H2,1-2H3/q-1. The lowest BCUT2D eigenvalue weighted by Gasteiger charge is -2.09. The van der Waals surface area contributed by atoms with E-state index in [-0.39, 0.29) is 0 Å². The van der Waals surface area contributed by atoms with Gasteiger partial charge < -0.3 is 14.0 Å². The molecule has 66 valence electrons. The van der Waals surface area contributed by atoms with Crippen molar-refractivity contribution in [1.82, 2.24) is 0 Å². The van der Waals surface area contributed by atoms with Crippen molar-refractivity contribution in [1.29, 1.82) is 0 Å². The topological polar surface area (TPSA) is 9.23 Å². The van der Waals surface area contributed by atoms with E-state index in [4.69, 9.17) is 4.74 Å². The molecular weight excluding hydrogens is 167 g/mol. The molecule has 1 aromatic carbocycles. The Hall–Kier alpha value is -0.550. The first-order chi connectivity index (χ1) is 5.68. The van der Waals surface area contributed by atoms with Gasteiger partial charge in [-0.1, -0.05) is 26.0 Å². The zero-order chi connectivity index (χ0) is 8.97. The van der Waals surface area contributed by atoms with E-state index in [0.717, 1.165) is 17.7 Å². The Labute approximate surface area is 76.3 Å². The summed E-state index contributed by atoms with van der Waals surface area (Å²) in [5, 5.41) is 1.08. The van der Waals surface area contributed by atoms with Crippen LogP contribution in [-0.4, -0.2) is 6.61 Å². The third-order valence-corrected chi connectivity index (χ3v) is 1.77. The van der Waals surface area contributed by atoms with Gasteiger partial charge in [-0.15, -0.1) is 0 Å². The lowest BCUT2D eigenvalue weighted by atomic mass is 10.2. The highest BCUT2D eigenvalue weighted by molar-refractivity contribution is 7.27. The second kappa shape index (κ2) is 4.47. The van der Waals surface area contributed by atoms with Crippen molar-refractivity contribution in [3.8, 4) is 5.75 Å². The molecule has 2 heteroatoms. The first-order valence-electron chi connectivity index (χ1n) is 4.13. The minimum atomic E-state index is 0.577. The van der Waals surface area contributed by atoms with Crippen LogP contribution in [0.1, 0.15) is 13.8 Å². The van der Waals surface area contributed by atoms with E-state index in [9.17, 15) is 0 Å². The van der Waals surface area contributed by atoms with Gasteiger partial charge in [-0.3, -0.25) is 0 Å². The summed E-state index contributed by atoms with van der Waals surface area (Å²) in [6, 6.07) is 7.88. The number of ether oxygens (including phenoxy) is 1. The summed E-state index contributed by atoms with van der Waals surface area (Å²) in [5.74, 6) is 1.51. The Balaban J connectivity index is 2.48. The normalized spacial score (nSPS) is 10.3. The molecule has 0 unspecified atom stereocenters. The molecule has 0 aromatic heterocycles. The van der Waals surface area contributed by atoms with Crippen LogP contribution in [0.4, 0.5) is 0 Å². The summed E-state index contributed by atoms with van der Waals surface area (Å²) in [6.07, 6.45) is 0. The maximum Gasteiger partial charge on any atom is 0.119 e. The fourth-order valence-corrected chi connectivity index (χ4v) is 0.981.